The summed E-state index contributed by atoms with van der Waals surface area (Å²) in [5, 5.41) is 11.3. The highest BCUT2D eigenvalue weighted by molar-refractivity contribution is 5.95. The van der Waals surface area contributed by atoms with Crippen LogP contribution < -0.4 is 0 Å². The standard InChI is InChI=1S/C11H20N2O/c1-3-4-5-6-9-12-10-7-8-11(2)13-14/h7-8,10,14H,3-6,9H2,1-2H3. The topological polar surface area (TPSA) is 45.0 Å². The number of hydrogen-bond acceptors (Lipinski definition) is 3. The molecule has 0 rings (SSSR count). The van der Waals surface area contributed by atoms with Gasteiger partial charge >= 0.3 is 0 Å². The molecular weight excluding hydrogens is 176 g/mol. The quantitative estimate of drug-likeness (QED) is 0.289. The minimum Gasteiger partial charge on any atom is -0.411 e. The van der Waals surface area contributed by atoms with E-state index in [0.29, 0.717) is 5.71 Å². The molecule has 14 heavy (non-hydrogen) atoms. The molecule has 0 spiro atoms. The van der Waals surface area contributed by atoms with Gasteiger partial charge in [0, 0.05) is 12.8 Å². The average molecular weight is 196 g/mol. The van der Waals surface area contributed by atoms with Gasteiger partial charge in [0.05, 0.1) is 5.71 Å². The smallest absolute Gasteiger partial charge is 0.0765 e. The molecule has 0 unspecified atom stereocenters. The summed E-state index contributed by atoms with van der Waals surface area (Å²) >= 11 is 0. The first-order valence-electron chi connectivity index (χ1n) is 5.16. The van der Waals surface area contributed by atoms with Crippen LogP contribution in [0.3, 0.4) is 0 Å². The Balaban J connectivity index is 3.40. The van der Waals surface area contributed by atoms with Crippen molar-refractivity contribution in [2.24, 2.45) is 10.1 Å². The molecule has 0 aliphatic rings. The van der Waals surface area contributed by atoms with Crippen LogP contribution in [0.5, 0.6) is 0 Å². The molecule has 0 saturated heterocycles. The molecule has 0 aliphatic heterocycles. The average Bonchev–Trinajstić information content (AvgIpc) is 2.21. The largest absolute Gasteiger partial charge is 0.411 e. The highest BCUT2D eigenvalue weighted by Gasteiger charge is 1.83. The van der Waals surface area contributed by atoms with Crippen LogP contribution in [-0.4, -0.2) is 23.7 Å². The predicted molar refractivity (Wildman–Crippen MR) is 61.5 cm³/mol. The predicted octanol–water partition coefficient (Wildman–Crippen LogP) is 3.04. The van der Waals surface area contributed by atoms with Crippen molar-refractivity contribution >= 4 is 11.9 Å². The van der Waals surface area contributed by atoms with Crippen LogP contribution in [0.25, 0.3) is 0 Å². The van der Waals surface area contributed by atoms with Crippen LogP contribution in [0.1, 0.15) is 39.5 Å². The highest BCUT2D eigenvalue weighted by Crippen LogP contribution is 1.98. The molecule has 0 bridgehead atoms. The van der Waals surface area contributed by atoms with Crippen LogP contribution in [0.2, 0.25) is 0 Å². The Bertz CT molecular complexity index is 207. The van der Waals surface area contributed by atoms with E-state index in [0.717, 1.165) is 13.0 Å². The Morgan fingerprint density at radius 1 is 1.29 bits per heavy atom. The van der Waals surface area contributed by atoms with Gasteiger partial charge in [0.2, 0.25) is 0 Å². The molecule has 0 aromatic heterocycles. The molecule has 0 amide bonds. The van der Waals surface area contributed by atoms with Crippen molar-refractivity contribution in [2.75, 3.05) is 6.54 Å². The lowest BCUT2D eigenvalue weighted by atomic mass is 10.2. The van der Waals surface area contributed by atoms with Crippen molar-refractivity contribution in [3.05, 3.63) is 12.2 Å². The Labute approximate surface area is 86.2 Å². The van der Waals surface area contributed by atoms with Gasteiger partial charge in [0.15, 0.2) is 0 Å². The molecule has 1 N–H and O–H groups in total. The van der Waals surface area contributed by atoms with Crippen molar-refractivity contribution in [3.63, 3.8) is 0 Å². The molecule has 0 radical (unpaired) electrons. The summed E-state index contributed by atoms with van der Waals surface area (Å²) in [6.07, 6.45) is 10.2. The number of nitrogens with zero attached hydrogens (tertiary/aromatic N) is 2. The second-order valence-electron chi connectivity index (χ2n) is 3.22. The maximum Gasteiger partial charge on any atom is 0.0765 e. The zero-order valence-electron chi connectivity index (χ0n) is 9.11. The van der Waals surface area contributed by atoms with Gasteiger partial charge in [-0.3, -0.25) is 4.99 Å². The number of oxime groups is 1. The Kier molecular flexibility index (Phi) is 9.17. The van der Waals surface area contributed by atoms with Gasteiger partial charge in [-0.1, -0.05) is 31.3 Å². The second-order valence-corrected chi connectivity index (χ2v) is 3.22. The third-order valence-electron chi connectivity index (χ3n) is 1.83. The number of aliphatic imine (C=N–C) groups is 1. The minimum absolute atomic E-state index is 0.586. The normalized spacial score (nSPS) is 13.1. The van der Waals surface area contributed by atoms with Crippen molar-refractivity contribution in [2.45, 2.75) is 39.5 Å². The van der Waals surface area contributed by atoms with E-state index in [-0.39, 0.29) is 0 Å². The maximum absolute atomic E-state index is 8.33. The molecule has 0 aromatic carbocycles. The third-order valence-corrected chi connectivity index (χ3v) is 1.83. The number of allylic oxidation sites excluding steroid dienone is 2. The second kappa shape index (κ2) is 9.96. The first-order chi connectivity index (χ1) is 6.81. The monoisotopic (exact) mass is 196 g/mol. The van der Waals surface area contributed by atoms with Crippen molar-refractivity contribution < 1.29 is 5.21 Å². The van der Waals surface area contributed by atoms with Gasteiger partial charge in [-0.05, 0) is 25.5 Å². The zero-order chi connectivity index (χ0) is 10.6. The SMILES string of the molecule is CCCCCCN=CC=CC(C)=NO. The van der Waals surface area contributed by atoms with Gasteiger partial charge in [-0.15, -0.1) is 0 Å². The van der Waals surface area contributed by atoms with E-state index < -0.39 is 0 Å². The molecule has 0 aliphatic carbocycles. The molecule has 0 aromatic rings. The van der Waals surface area contributed by atoms with Crippen LogP contribution >= 0.6 is 0 Å². The summed E-state index contributed by atoms with van der Waals surface area (Å²) in [6, 6.07) is 0. The summed E-state index contributed by atoms with van der Waals surface area (Å²) in [5.74, 6) is 0. The molecule has 0 saturated carbocycles. The van der Waals surface area contributed by atoms with Crippen molar-refractivity contribution in [1.29, 1.82) is 0 Å². The van der Waals surface area contributed by atoms with Gasteiger partial charge in [0.1, 0.15) is 0 Å². The third kappa shape index (κ3) is 8.97. The summed E-state index contributed by atoms with van der Waals surface area (Å²) in [5.41, 5.74) is 0.586. The summed E-state index contributed by atoms with van der Waals surface area (Å²) in [4.78, 5) is 4.20. The Morgan fingerprint density at radius 3 is 2.71 bits per heavy atom. The van der Waals surface area contributed by atoms with E-state index in [2.05, 4.69) is 17.1 Å². The zero-order valence-corrected chi connectivity index (χ0v) is 9.11. The number of unbranched alkanes of at least 4 members (excludes halogenated alkanes) is 3. The van der Waals surface area contributed by atoms with E-state index in [1.807, 2.05) is 0 Å². The minimum atomic E-state index is 0.586. The van der Waals surface area contributed by atoms with Gasteiger partial charge < -0.3 is 5.21 Å². The highest BCUT2D eigenvalue weighted by atomic mass is 16.4. The van der Waals surface area contributed by atoms with Gasteiger partial charge in [-0.25, -0.2) is 0 Å². The maximum atomic E-state index is 8.33. The molecule has 0 atom stereocenters. The fraction of sp³-hybridized carbons (Fsp3) is 0.636. The summed E-state index contributed by atoms with van der Waals surface area (Å²) < 4.78 is 0. The molecule has 0 fully saturated rings. The lowest BCUT2D eigenvalue weighted by molar-refractivity contribution is 0.319. The van der Waals surface area contributed by atoms with Gasteiger partial charge in [0.25, 0.3) is 0 Å². The van der Waals surface area contributed by atoms with E-state index in [4.69, 9.17) is 5.21 Å². The molecule has 0 heterocycles. The first-order valence-corrected chi connectivity index (χ1v) is 5.16. The summed E-state index contributed by atoms with van der Waals surface area (Å²) in [7, 11) is 0. The lowest BCUT2D eigenvalue weighted by Gasteiger charge is -1.92. The molecule has 80 valence electrons. The number of hydrogen-bond donors (Lipinski definition) is 1. The Morgan fingerprint density at radius 2 is 2.07 bits per heavy atom. The van der Waals surface area contributed by atoms with Crippen molar-refractivity contribution in [3.8, 4) is 0 Å². The van der Waals surface area contributed by atoms with Crippen LogP contribution in [0.4, 0.5) is 0 Å². The van der Waals surface area contributed by atoms with Crippen molar-refractivity contribution in [1.82, 2.24) is 0 Å². The van der Waals surface area contributed by atoms with Crippen LogP contribution in [0, 0.1) is 0 Å². The van der Waals surface area contributed by atoms with E-state index in [9.17, 15) is 0 Å². The van der Waals surface area contributed by atoms with E-state index in [1.54, 1.807) is 25.3 Å². The number of rotatable bonds is 7. The molecule has 3 heteroatoms. The Hall–Kier alpha value is -1.12. The van der Waals surface area contributed by atoms with E-state index >= 15 is 0 Å². The summed E-state index contributed by atoms with van der Waals surface area (Å²) in [6.45, 7) is 4.81. The van der Waals surface area contributed by atoms with Crippen LogP contribution in [0.15, 0.2) is 22.3 Å². The van der Waals surface area contributed by atoms with Gasteiger partial charge in [-0.2, -0.15) is 0 Å². The van der Waals surface area contributed by atoms with Crippen LogP contribution in [-0.2, 0) is 0 Å². The molecule has 3 nitrogen and oxygen atoms in total. The molecular formula is C11H20N2O. The first kappa shape index (κ1) is 12.9. The fourth-order valence-electron chi connectivity index (χ4n) is 0.981. The lowest BCUT2D eigenvalue weighted by Crippen LogP contribution is -1.84. The van der Waals surface area contributed by atoms with E-state index in [1.165, 1.54) is 19.3 Å². The fourth-order valence-corrected chi connectivity index (χ4v) is 0.981.